The third-order valence-corrected chi connectivity index (χ3v) is 7.15. The molecule has 2 aromatic carbocycles. The number of carbonyl (C=O) groups excluding carboxylic acids is 1. The van der Waals surface area contributed by atoms with E-state index < -0.39 is 10.0 Å². The van der Waals surface area contributed by atoms with E-state index >= 15 is 0 Å². The number of aryl methyl sites for hydroxylation is 1. The quantitative estimate of drug-likeness (QED) is 0.371. The number of ether oxygens (including phenoxy) is 1. The largest absolute Gasteiger partial charge is 0.497 e. The fourth-order valence-electron chi connectivity index (χ4n) is 3.94. The van der Waals surface area contributed by atoms with Crippen molar-refractivity contribution < 1.29 is 17.9 Å². The lowest BCUT2D eigenvalue weighted by atomic mass is 9.90. The first-order chi connectivity index (χ1) is 15.8. The summed E-state index contributed by atoms with van der Waals surface area (Å²) >= 11 is 0. The Bertz CT molecular complexity index is 1390. The molecule has 0 fully saturated rings. The van der Waals surface area contributed by atoms with Crippen LogP contribution in [0.4, 0.5) is 0 Å². The van der Waals surface area contributed by atoms with Crippen molar-refractivity contribution in [2.45, 2.75) is 10.8 Å². The first-order valence-electron chi connectivity index (χ1n) is 10.4. The van der Waals surface area contributed by atoms with Gasteiger partial charge in [0.25, 0.3) is 5.91 Å². The van der Waals surface area contributed by atoms with Crippen molar-refractivity contribution in [1.82, 2.24) is 19.6 Å². The van der Waals surface area contributed by atoms with Crippen LogP contribution in [0.3, 0.4) is 0 Å². The summed E-state index contributed by atoms with van der Waals surface area (Å²) in [7, 11) is 0.958. The van der Waals surface area contributed by atoms with Crippen LogP contribution in [0, 0.1) is 0 Å². The first kappa shape index (κ1) is 22.6. The number of carbonyl (C=O) groups is 1. The molecule has 4 aromatic rings. The van der Waals surface area contributed by atoms with Crippen molar-refractivity contribution in [1.29, 1.82) is 0 Å². The molecule has 4 rings (SSSR count). The molecule has 0 radical (unpaired) electrons. The van der Waals surface area contributed by atoms with Crippen LogP contribution in [0.5, 0.6) is 5.75 Å². The van der Waals surface area contributed by atoms with Gasteiger partial charge in [-0.25, -0.2) is 13.1 Å². The van der Waals surface area contributed by atoms with E-state index in [0.717, 1.165) is 27.8 Å². The zero-order chi connectivity index (χ0) is 23.6. The normalized spacial score (nSPS) is 12.6. The average molecular weight is 467 g/mol. The van der Waals surface area contributed by atoms with Crippen molar-refractivity contribution in [2.24, 2.45) is 7.05 Å². The number of sulfonamides is 1. The molecule has 1 unspecified atom stereocenters. The van der Waals surface area contributed by atoms with Gasteiger partial charge in [-0.3, -0.25) is 4.79 Å². The van der Waals surface area contributed by atoms with Crippen LogP contribution in [0.15, 0.2) is 71.9 Å². The van der Waals surface area contributed by atoms with Crippen molar-refractivity contribution >= 4 is 26.8 Å². The number of aromatic nitrogens is 2. The minimum Gasteiger partial charge on any atom is -0.497 e. The Hall–Kier alpha value is -3.56. The van der Waals surface area contributed by atoms with Crippen LogP contribution in [0.1, 0.15) is 27.5 Å². The fourth-order valence-corrected chi connectivity index (χ4v) is 4.74. The molecule has 9 heteroatoms. The first-order valence-corrected chi connectivity index (χ1v) is 11.9. The number of nitrogens with zero attached hydrogens (tertiary/aromatic N) is 1. The highest BCUT2D eigenvalue weighted by Gasteiger charge is 2.22. The molecule has 0 aliphatic rings. The van der Waals surface area contributed by atoms with Crippen LogP contribution in [0.2, 0.25) is 0 Å². The maximum absolute atomic E-state index is 13.0. The number of benzene rings is 2. The van der Waals surface area contributed by atoms with Crippen molar-refractivity contribution in [3.63, 3.8) is 0 Å². The van der Waals surface area contributed by atoms with Crippen LogP contribution in [-0.4, -0.2) is 44.6 Å². The number of rotatable bonds is 8. The molecule has 1 atom stereocenters. The van der Waals surface area contributed by atoms with E-state index in [4.69, 9.17) is 4.74 Å². The predicted molar refractivity (Wildman–Crippen MR) is 127 cm³/mol. The second kappa shape index (κ2) is 9.13. The number of methoxy groups -OCH3 is 1. The Morgan fingerprint density at radius 3 is 2.58 bits per heavy atom. The minimum absolute atomic E-state index is 0.0426. The molecule has 2 heterocycles. The molecule has 2 aromatic heterocycles. The Morgan fingerprint density at radius 1 is 1.15 bits per heavy atom. The van der Waals surface area contributed by atoms with Gasteiger partial charge in [-0.1, -0.05) is 30.3 Å². The van der Waals surface area contributed by atoms with Crippen molar-refractivity contribution in [3.8, 4) is 5.75 Å². The maximum Gasteiger partial charge on any atom is 0.267 e. The van der Waals surface area contributed by atoms with E-state index in [2.05, 4.69) is 15.0 Å². The second-order valence-corrected chi connectivity index (χ2v) is 9.59. The predicted octanol–water partition coefficient (Wildman–Crippen LogP) is 2.99. The number of fused-ring (bicyclic) bond motifs is 1. The molecular weight excluding hydrogens is 440 g/mol. The SMILES string of the molecule is CNS(=O)(=O)c1cc(C(=O)NCC(c2ccc(OC)cc2)c2c[nH]c3ccccc23)n(C)c1. The lowest BCUT2D eigenvalue weighted by molar-refractivity contribution is 0.0944. The van der Waals surface area contributed by atoms with Gasteiger partial charge in [0.1, 0.15) is 16.3 Å². The van der Waals surface area contributed by atoms with E-state index in [0.29, 0.717) is 6.54 Å². The summed E-state index contributed by atoms with van der Waals surface area (Å²) in [5, 5.41) is 4.06. The van der Waals surface area contributed by atoms with Gasteiger partial charge in [0, 0.05) is 42.8 Å². The van der Waals surface area contributed by atoms with E-state index in [1.165, 1.54) is 23.9 Å². The van der Waals surface area contributed by atoms with Gasteiger partial charge < -0.3 is 19.6 Å². The monoisotopic (exact) mass is 466 g/mol. The Labute approximate surface area is 192 Å². The summed E-state index contributed by atoms with van der Waals surface area (Å²) in [6.45, 7) is 0.326. The van der Waals surface area contributed by atoms with E-state index in [-0.39, 0.29) is 22.4 Å². The summed E-state index contributed by atoms with van der Waals surface area (Å²) in [5.74, 6) is 0.271. The number of hydrogen-bond donors (Lipinski definition) is 3. The second-order valence-electron chi connectivity index (χ2n) is 7.70. The third-order valence-electron chi connectivity index (χ3n) is 5.77. The highest BCUT2D eigenvalue weighted by Crippen LogP contribution is 2.31. The van der Waals surface area contributed by atoms with Crippen LogP contribution in [0.25, 0.3) is 10.9 Å². The number of aromatic amines is 1. The van der Waals surface area contributed by atoms with Gasteiger partial charge >= 0.3 is 0 Å². The van der Waals surface area contributed by atoms with Gasteiger partial charge in [-0.15, -0.1) is 0 Å². The van der Waals surface area contributed by atoms with Crippen molar-refractivity contribution in [3.05, 3.63) is 83.8 Å². The Morgan fingerprint density at radius 2 is 1.88 bits per heavy atom. The molecule has 0 saturated carbocycles. The molecule has 0 spiro atoms. The number of amides is 1. The van der Waals surface area contributed by atoms with Crippen molar-refractivity contribution in [2.75, 3.05) is 20.7 Å². The molecular formula is C24H26N4O4S. The number of H-pyrrole nitrogens is 1. The van der Waals surface area contributed by atoms with Gasteiger partial charge in [-0.2, -0.15) is 0 Å². The molecule has 3 N–H and O–H groups in total. The zero-order valence-electron chi connectivity index (χ0n) is 18.6. The third kappa shape index (κ3) is 4.50. The minimum atomic E-state index is -3.64. The number of nitrogens with one attached hydrogen (secondary N) is 3. The smallest absolute Gasteiger partial charge is 0.267 e. The summed E-state index contributed by atoms with van der Waals surface area (Å²) in [4.78, 5) is 16.3. The van der Waals surface area contributed by atoms with Gasteiger partial charge in [0.05, 0.1) is 7.11 Å². The molecule has 0 saturated heterocycles. The molecule has 0 aliphatic carbocycles. The van der Waals surface area contributed by atoms with Crippen LogP contribution >= 0.6 is 0 Å². The fraction of sp³-hybridized carbons (Fsp3) is 0.208. The summed E-state index contributed by atoms with van der Waals surface area (Å²) in [6.07, 6.45) is 3.38. The Kier molecular flexibility index (Phi) is 6.26. The summed E-state index contributed by atoms with van der Waals surface area (Å²) < 4.78 is 33.3. The highest BCUT2D eigenvalue weighted by molar-refractivity contribution is 7.89. The van der Waals surface area contributed by atoms with Gasteiger partial charge in [0.2, 0.25) is 10.0 Å². The average Bonchev–Trinajstić information content (AvgIpc) is 3.44. The molecule has 33 heavy (non-hydrogen) atoms. The number of para-hydroxylation sites is 1. The molecule has 0 aliphatic heterocycles. The molecule has 0 bridgehead atoms. The molecule has 1 amide bonds. The van der Waals surface area contributed by atoms with Gasteiger partial charge in [0.15, 0.2) is 0 Å². The lowest BCUT2D eigenvalue weighted by Gasteiger charge is -2.19. The van der Waals surface area contributed by atoms with Gasteiger partial charge in [-0.05, 0) is 42.4 Å². The number of hydrogen-bond acceptors (Lipinski definition) is 4. The van der Waals surface area contributed by atoms with Crippen LogP contribution in [-0.2, 0) is 17.1 Å². The summed E-state index contributed by atoms with van der Waals surface area (Å²) in [5.41, 5.74) is 3.35. The lowest BCUT2D eigenvalue weighted by Crippen LogP contribution is -2.30. The maximum atomic E-state index is 13.0. The van der Waals surface area contributed by atoms with E-state index in [1.807, 2.05) is 54.7 Å². The van der Waals surface area contributed by atoms with Crippen LogP contribution < -0.4 is 14.8 Å². The Balaban J connectivity index is 1.64. The molecule has 172 valence electrons. The highest BCUT2D eigenvalue weighted by atomic mass is 32.2. The van der Waals surface area contributed by atoms with E-state index in [1.54, 1.807) is 14.2 Å². The standard InChI is InChI=1S/C24H26N4O4S/c1-25-33(30,31)18-12-23(28(2)15-18)24(29)27-13-20(16-8-10-17(32-3)11-9-16)21-14-26-22-7-5-4-6-19(21)22/h4-12,14-15,20,25-26H,13H2,1-3H3,(H,27,29). The molecule has 8 nitrogen and oxygen atoms in total. The summed E-state index contributed by atoms with van der Waals surface area (Å²) in [6, 6.07) is 17.1. The zero-order valence-corrected chi connectivity index (χ0v) is 19.4. The van der Waals surface area contributed by atoms with E-state index in [9.17, 15) is 13.2 Å². The topological polar surface area (TPSA) is 105 Å².